The highest BCUT2D eigenvalue weighted by Gasteiger charge is 2.52. The van der Waals surface area contributed by atoms with Crippen molar-refractivity contribution < 1.29 is 23.9 Å². The zero-order valence-electron chi connectivity index (χ0n) is 31.7. The van der Waals surface area contributed by atoms with E-state index >= 15 is 0 Å². The first-order valence-electron chi connectivity index (χ1n) is 20.1. The molecule has 0 aliphatic carbocycles. The van der Waals surface area contributed by atoms with Gasteiger partial charge in [0.2, 0.25) is 5.91 Å². The minimum atomic E-state index is -0.800. The number of imide groups is 1. The first-order chi connectivity index (χ1) is 27.0. The van der Waals surface area contributed by atoms with Crippen LogP contribution in [-0.4, -0.2) is 108 Å². The Morgan fingerprint density at radius 1 is 0.857 bits per heavy atom. The lowest BCUT2D eigenvalue weighted by atomic mass is 9.72. The van der Waals surface area contributed by atoms with Crippen LogP contribution in [0, 0.1) is 18.3 Å². The Bertz CT molecular complexity index is 2140. The van der Waals surface area contributed by atoms with Crippen molar-refractivity contribution in [3.8, 4) is 5.75 Å². The molecule has 290 valence electrons. The summed E-state index contributed by atoms with van der Waals surface area (Å²) in [5, 5.41) is 3.40. The number of aryl methyl sites for hydroxylation is 1. The second-order valence-corrected chi connectivity index (χ2v) is 17.8. The van der Waals surface area contributed by atoms with Crippen molar-refractivity contribution in [2.75, 3.05) is 55.6 Å². The molecule has 7 aliphatic heterocycles. The van der Waals surface area contributed by atoms with E-state index in [9.17, 15) is 19.2 Å². The van der Waals surface area contributed by atoms with Gasteiger partial charge in [-0.15, -0.1) is 0 Å². The van der Waals surface area contributed by atoms with E-state index in [-0.39, 0.29) is 30.0 Å². The van der Waals surface area contributed by atoms with Gasteiger partial charge in [0.25, 0.3) is 17.7 Å². The van der Waals surface area contributed by atoms with Gasteiger partial charge < -0.3 is 29.7 Å². The van der Waals surface area contributed by atoms with Gasteiger partial charge in [0.15, 0.2) is 0 Å². The summed E-state index contributed by atoms with van der Waals surface area (Å²) in [6, 6.07) is 19.2. The van der Waals surface area contributed by atoms with Crippen molar-refractivity contribution >= 4 is 46.6 Å². The molecule has 3 aromatic rings. The fourth-order valence-electron chi connectivity index (χ4n) is 10.5. The Hall–Kier alpha value is -4.87. The Morgan fingerprint density at radius 3 is 2.25 bits per heavy atom. The summed E-state index contributed by atoms with van der Waals surface area (Å²) in [7, 11) is 0. The first kappa shape index (κ1) is 35.5. The van der Waals surface area contributed by atoms with Crippen molar-refractivity contribution in [3.63, 3.8) is 0 Å². The van der Waals surface area contributed by atoms with Gasteiger partial charge in [0.05, 0.1) is 11.1 Å². The van der Waals surface area contributed by atoms with Gasteiger partial charge in [-0.3, -0.25) is 24.1 Å². The van der Waals surface area contributed by atoms with E-state index in [1.54, 1.807) is 6.07 Å². The maximum atomic E-state index is 13.7. The van der Waals surface area contributed by atoms with E-state index < -0.39 is 17.9 Å². The number of likely N-dealkylation sites (tertiary alicyclic amines) is 1. The SMILES string of the molecule is C=C1CCC(N2C(=O)c3ccc(N4CC(CN5CC6(C5)CN(c5ccc(C(=O)N7C8CCC7CC(Oc7ccc(C)c(Cl)c7)C8)cc5)C6)C4)cc3C2=O)C(=O)N1. The van der Waals surface area contributed by atoms with E-state index in [4.69, 9.17) is 16.3 Å². The molecule has 1 spiro atoms. The van der Waals surface area contributed by atoms with Gasteiger partial charge >= 0.3 is 0 Å². The normalized spacial score (nSPS) is 26.9. The first-order valence-corrected chi connectivity index (χ1v) is 20.5. The number of piperidine rings is 2. The van der Waals surface area contributed by atoms with Crippen LogP contribution in [0.5, 0.6) is 5.75 Å². The zero-order valence-corrected chi connectivity index (χ0v) is 32.5. The molecule has 3 aromatic carbocycles. The van der Waals surface area contributed by atoms with Gasteiger partial charge in [-0.25, -0.2) is 0 Å². The number of anilines is 2. The number of rotatable bonds is 8. The monoisotopic (exact) mass is 774 g/mol. The number of benzene rings is 3. The number of carbonyl (C=O) groups is 4. The van der Waals surface area contributed by atoms with Crippen LogP contribution in [-0.2, 0) is 4.79 Å². The molecule has 12 heteroatoms. The van der Waals surface area contributed by atoms with E-state index in [0.29, 0.717) is 46.0 Å². The van der Waals surface area contributed by atoms with Crippen LogP contribution < -0.4 is 19.9 Å². The molecule has 0 aromatic heterocycles. The summed E-state index contributed by atoms with van der Waals surface area (Å²) in [6.07, 6.45) is 4.77. The summed E-state index contributed by atoms with van der Waals surface area (Å²) in [4.78, 5) is 63.3. The Balaban J connectivity index is 0.674. The molecule has 4 amide bonds. The molecule has 3 atom stereocenters. The topological polar surface area (TPSA) is 106 Å². The average Bonchev–Trinajstić information content (AvgIpc) is 3.54. The molecule has 6 saturated heterocycles. The Labute approximate surface area is 332 Å². The zero-order chi connectivity index (χ0) is 38.5. The van der Waals surface area contributed by atoms with Crippen molar-refractivity contribution in [1.29, 1.82) is 0 Å². The second kappa shape index (κ2) is 13.4. The third kappa shape index (κ3) is 6.05. The largest absolute Gasteiger partial charge is 0.490 e. The van der Waals surface area contributed by atoms with Gasteiger partial charge in [-0.1, -0.05) is 24.2 Å². The third-order valence-electron chi connectivity index (χ3n) is 13.4. The molecule has 6 fully saturated rings. The molecule has 56 heavy (non-hydrogen) atoms. The van der Waals surface area contributed by atoms with Gasteiger partial charge in [-0.05, 0) is 92.8 Å². The number of hydrogen-bond donors (Lipinski definition) is 1. The van der Waals surface area contributed by atoms with Crippen molar-refractivity contribution in [2.45, 2.75) is 69.7 Å². The van der Waals surface area contributed by atoms with Crippen molar-refractivity contribution in [2.24, 2.45) is 11.3 Å². The molecule has 3 unspecified atom stereocenters. The van der Waals surface area contributed by atoms with Crippen LogP contribution in [0.25, 0.3) is 0 Å². The molecular formula is C44H47ClN6O5. The smallest absolute Gasteiger partial charge is 0.262 e. The van der Waals surface area contributed by atoms with E-state index in [0.717, 1.165) is 99.0 Å². The minimum absolute atomic E-state index is 0.0910. The predicted molar refractivity (Wildman–Crippen MR) is 213 cm³/mol. The molecule has 11 nitrogen and oxygen atoms in total. The van der Waals surface area contributed by atoms with Crippen LogP contribution in [0.4, 0.5) is 11.4 Å². The summed E-state index contributed by atoms with van der Waals surface area (Å²) in [5.74, 6) is 0.346. The fraction of sp³-hybridized carbons (Fsp3) is 0.455. The number of nitrogens with zero attached hydrogens (tertiary/aromatic N) is 5. The highest BCUT2D eigenvalue weighted by molar-refractivity contribution is 6.31. The maximum Gasteiger partial charge on any atom is 0.262 e. The lowest BCUT2D eigenvalue weighted by molar-refractivity contribution is -0.125. The number of nitrogens with one attached hydrogen (secondary N) is 1. The van der Waals surface area contributed by atoms with Crippen LogP contribution >= 0.6 is 11.6 Å². The molecule has 0 saturated carbocycles. The van der Waals surface area contributed by atoms with Gasteiger partial charge in [0.1, 0.15) is 17.9 Å². The van der Waals surface area contributed by atoms with E-state index in [1.807, 2.05) is 49.4 Å². The molecule has 7 aliphatic rings. The fourth-order valence-corrected chi connectivity index (χ4v) is 10.7. The molecule has 2 bridgehead atoms. The van der Waals surface area contributed by atoms with Crippen LogP contribution in [0.1, 0.15) is 75.2 Å². The summed E-state index contributed by atoms with van der Waals surface area (Å²) in [5.41, 5.74) is 5.63. The predicted octanol–water partition coefficient (Wildman–Crippen LogP) is 5.51. The lowest BCUT2D eigenvalue weighted by Gasteiger charge is -2.62. The molecule has 1 N–H and O–H groups in total. The van der Waals surface area contributed by atoms with E-state index in [2.05, 4.69) is 43.6 Å². The highest BCUT2D eigenvalue weighted by atomic mass is 35.5. The number of hydrogen-bond acceptors (Lipinski definition) is 8. The highest BCUT2D eigenvalue weighted by Crippen LogP contribution is 2.44. The third-order valence-corrected chi connectivity index (χ3v) is 13.8. The minimum Gasteiger partial charge on any atom is -0.490 e. The number of fused-ring (bicyclic) bond motifs is 3. The van der Waals surface area contributed by atoms with Gasteiger partial charge in [-0.2, -0.15) is 0 Å². The molecule has 0 radical (unpaired) electrons. The number of carbonyl (C=O) groups excluding carboxylic acids is 4. The van der Waals surface area contributed by atoms with E-state index in [1.165, 1.54) is 5.69 Å². The van der Waals surface area contributed by atoms with Crippen LogP contribution in [0.3, 0.4) is 0 Å². The van der Waals surface area contributed by atoms with Crippen molar-refractivity contribution in [1.82, 2.24) is 20.0 Å². The van der Waals surface area contributed by atoms with Gasteiger partial charge in [0, 0.05) is 110 Å². The molecule has 7 heterocycles. The molecular weight excluding hydrogens is 728 g/mol. The quantitative estimate of drug-likeness (QED) is 0.299. The number of halogens is 1. The van der Waals surface area contributed by atoms with Crippen LogP contribution in [0.2, 0.25) is 5.02 Å². The Kier molecular flexibility index (Phi) is 8.49. The number of amides is 4. The number of allylic oxidation sites excluding steroid dienone is 1. The Morgan fingerprint density at radius 2 is 1.55 bits per heavy atom. The standard InChI is InChI=1S/C44H47ClN6O5/c1-26-3-12-34(18-38(26)45)56-35-15-32-9-10-33(16-35)50(32)41(53)29-5-7-30(8-6-29)49-24-44(25-49)22-47(23-44)19-28-20-48(21-28)31-11-13-36-37(17-31)43(55)51(42(36)54)39-14-4-27(2)46-40(39)52/h3,5-8,11-13,17-18,28,32-33,35,39H,2,4,9-10,14-16,19-25H2,1H3,(H,46,52). The van der Waals surface area contributed by atoms with Crippen LogP contribution in [0.15, 0.2) is 72.9 Å². The lowest BCUT2D eigenvalue weighted by Crippen LogP contribution is -2.73. The summed E-state index contributed by atoms with van der Waals surface area (Å²) in [6.45, 7) is 12.9. The second-order valence-electron chi connectivity index (χ2n) is 17.4. The maximum absolute atomic E-state index is 13.7. The van der Waals surface area contributed by atoms with Crippen molar-refractivity contribution in [3.05, 3.63) is 100 Å². The summed E-state index contributed by atoms with van der Waals surface area (Å²) < 4.78 is 6.33. The summed E-state index contributed by atoms with van der Waals surface area (Å²) >= 11 is 6.33. The average molecular weight is 775 g/mol. The molecule has 10 rings (SSSR count). The number of ether oxygens (including phenoxy) is 1.